The predicted octanol–water partition coefficient (Wildman–Crippen LogP) is 1.38. The van der Waals surface area contributed by atoms with E-state index >= 15 is 0 Å². The molecular formula is C12H25NO2. The molecule has 0 aromatic rings. The standard InChI is InChI=1S/C12H25NO2/c1-10(14)6-8-13-7-4-3-5-12(13)9-11(2)15/h10-12,14-15H,3-9H2,1-2H3. The maximum absolute atomic E-state index is 9.42. The normalized spacial score (nSPS) is 27.6. The molecule has 3 nitrogen and oxygen atoms in total. The van der Waals surface area contributed by atoms with E-state index in [4.69, 9.17) is 0 Å². The van der Waals surface area contributed by atoms with Crippen molar-refractivity contribution in [3.05, 3.63) is 0 Å². The van der Waals surface area contributed by atoms with Crippen LogP contribution in [0.4, 0.5) is 0 Å². The lowest BCUT2D eigenvalue weighted by Gasteiger charge is -2.36. The van der Waals surface area contributed by atoms with Crippen molar-refractivity contribution < 1.29 is 10.2 Å². The molecule has 1 heterocycles. The number of hydrogen-bond acceptors (Lipinski definition) is 3. The molecule has 0 radical (unpaired) electrons. The molecule has 1 aliphatic heterocycles. The van der Waals surface area contributed by atoms with E-state index in [1.165, 1.54) is 19.3 Å². The van der Waals surface area contributed by atoms with Crippen LogP contribution in [0.2, 0.25) is 0 Å². The highest BCUT2D eigenvalue weighted by Gasteiger charge is 2.23. The Morgan fingerprint density at radius 2 is 1.93 bits per heavy atom. The van der Waals surface area contributed by atoms with Crippen molar-refractivity contribution in [3.63, 3.8) is 0 Å². The van der Waals surface area contributed by atoms with Gasteiger partial charge in [0.1, 0.15) is 0 Å². The zero-order chi connectivity index (χ0) is 11.3. The molecule has 90 valence electrons. The molecule has 1 rings (SSSR count). The van der Waals surface area contributed by atoms with Crippen molar-refractivity contribution in [3.8, 4) is 0 Å². The molecule has 1 aliphatic rings. The monoisotopic (exact) mass is 215 g/mol. The van der Waals surface area contributed by atoms with Crippen molar-refractivity contribution in [2.24, 2.45) is 0 Å². The Morgan fingerprint density at radius 3 is 2.53 bits per heavy atom. The summed E-state index contributed by atoms with van der Waals surface area (Å²) >= 11 is 0. The molecular weight excluding hydrogens is 190 g/mol. The predicted molar refractivity (Wildman–Crippen MR) is 61.8 cm³/mol. The number of likely N-dealkylation sites (tertiary alicyclic amines) is 1. The van der Waals surface area contributed by atoms with Crippen LogP contribution in [0.1, 0.15) is 46.0 Å². The fourth-order valence-electron chi connectivity index (χ4n) is 2.37. The second-order valence-electron chi connectivity index (χ2n) is 4.91. The van der Waals surface area contributed by atoms with Crippen molar-refractivity contribution in [1.29, 1.82) is 0 Å². The van der Waals surface area contributed by atoms with Crippen LogP contribution in [-0.4, -0.2) is 46.5 Å². The molecule has 0 amide bonds. The van der Waals surface area contributed by atoms with Gasteiger partial charge in [0.05, 0.1) is 12.2 Å². The highest BCUT2D eigenvalue weighted by atomic mass is 16.3. The summed E-state index contributed by atoms with van der Waals surface area (Å²) in [5, 5.41) is 18.7. The Morgan fingerprint density at radius 1 is 1.20 bits per heavy atom. The number of rotatable bonds is 5. The van der Waals surface area contributed by atoms with Crippen molar-refractivity contribution >= 4 is 0 Å². The fraction of sp³-hybridized carbons (Fsp3) is 1.00. The van der Waals surface area contributed by atoms with E-state index in [0.717, 1.165) is 25.9 Å². The van der Waals surface area contributed by atoms with E-state index in [2.05, 4.69) is 4.90 Å². The minimum Gasteiger partial charge on any atom is -0.393 e. The van der Waals surface area contributed by atoms with E-state index in [-0.39, 0.29) is 12.2 Å². The number of aliphatic hydroxyl groups excluding tert-OH is 2. The van der Waals surface area contributed by atoms with Crippen LogP contribution in [0.3, 0.4) is 0 Å². The third-order valence-electron chi connectivity index (χ3n) is 3.20. The number of piperidine rings is 1. The smallest absolute Gasteiger partial charge is 0.0527 e. The minimum absolute atomic E-state index is 0.206. The van der Waals surface area contributed by atoms with Gasteiger partial charge in [0, 0.05) is 12.6 Å². The minimum atomic E-state index is -0.209. The summed E-state index contributed by atoms with van der Waals surface area (Å²) in [6.07, 6.45) is 5.04. The Labute approximate surface area is 93.1 Å². The van der Waals surface area contributed by atoms with Crippen molar-refractivity contribution in [2.75, 3.05) is 13.1 Å². The van der Waals surface area contributed by atoms with Crippen LogP contribution in [-0.2, 0) is 0 Å². The Kier molecular flexibility index (Phi) is 5.58. The van der Waals surface area contributed by atoms with E-state index < -0.39 is 0 Å². The molecule has 2 N–H and O–H groups in total. The zero-order valence-corrected chi connectivity index (χ0v) is 10.0. The Balaban J connectivity index is 2.35. The van der Waals surface area contributed by atoms with Crippen molar-refractivity contribution in [2.45, 2.75) is 64.2 Å². The van der Waals surface area contributed by atoms with Crippen LogP contribution >= 0.6 is 0 Å². The average Bonchev–Trinajstić information content (AvgIpc) is 2.15. The lowest BCUT2D eigenvalue weighted by Crippen LogP contribution is -2.42. The van der Waals surface area contributed by atoms with Crippen LogP contribution in [0.25, 0.3) is 0 Å². The molecule has 1 saturated heterocycles. The lowest BCUT2D eigenvalue weighted by atomic mass is 9.97. The number of hydrogen-bond donors (Lipinski definition) is 2. The average molecular weight is 215 g/mol. The number of aliphatic hydroxyl groups is 2. The van der Waals surface area contributed by atoms with E-state index in [1.807, 2.05) is 13.8 Å². The molecule has 0 aromatic carbocycles. The maximum Gasteiger partial charge on any atom is 0.0527 e. The van der Waals surface area contributed by atoms with Crippen LogP contribution < -0.4 is 0 Å². The zero-order valence-electron chi connectivity index (χ0n) is 10.0. The fourth-order valence-corrected chi connectivity index (χ4v) is 2.37. The summed E-state index contributed by atoms with van der Waals surface area (Å²) in [4.78, 5) is 2.43. The molecule has 0 aliphatic carbocycles. The topological polar surface area (TPSA) is 43.7 Å². The van der Waals surface area contributed by atoms with Gasteiger partial charge in [-0.3, -0.25) is 0 Å². The first-order chi connectivity index (χ1) is 7.09. The van der Waals surface area contributed by atoms with Crippen LogP contribution in [0, 0.1) is 0 Å². The first kappa shape index (κ1) is 12.9. The first-order valence-electron chi connectivity index (χ1n) is 6.19. The second kappa shape index (κ2) is 6.46. The summed E-state index contributed by atoms with van der Waals surface area (Å²) in [6.45, 7) is 5.80. The number of nitrogens with zero attached hydrogens (tertiary/aromatic N) is 1. The molecule has 15 heavy (non-hydrogen) atoms. The second-order valence-corrected chi connectivity index (χ2v) is 4.91. The molecule has 0 bridgehead atoms. The SMILES string of the molecule is CC(O)CCN1CCCCC1CC(C)O. The Hall–Kier alpha value is -0.120. The van der Waals surface area contributed by atoms with Gasteiger partial charge in [0.25, 0.3) is 0 Å². The summed E-state index contributed by atoms with van der Waals surface area (Å²) in [6, 6.07) is 0.525. The van der Waals surface area contributed by atoms with Gasteiger partial charge >= 0.3 is 0 Å². The molecule has 0 aromatic heterocycles. The quantitative estimate of drug-likeness (QED) is 0.728. The maximum atomic E-state index is 9.42. The third-order valence-corrected chi connectivity index (χ3v) is 3.20. The van der Waals surface area contributed by atoms with Crippen molar-refractivity contribution in [1.82, 2.24) is 4.90 Å². The summed E-state index contributed by atoms with van der Waals surface area (Å²) < 4.78 is 0. The van der Waals surface area contributed by atoms with Gasteiger partial charge in [-0.25, -0.2) is 0 Å². The summed E-state index contributed by atoms with van der Waals surface area (Å²) in [5.41, 5.74) is 0. The van der Waals surface area contributed by atoms with Gasteiger partial charge in [-0.05, 0) is 46.1 Å². The lowest BCUT2D eigenvalue weighted by molar-refractivity contribution is 0.0730. The van der Waals surface area contributed by atoms with Gasteiger partial charge in [0.15, 0.2) is 0 Å². The highest BCUT2D eigenvalue weighted by molar-refractivity contribution is 4.78. The Bertz CT molecular complexity index is 171. The van der Waals surface area contributed by atoms with Gasteiger partial charge in [-0.15, -0.1) is 0 Å². The first-order valence-corrected chi connectivity index (χ1v) is 6.19. The largest absolute Gasteiger partial charge is 0.393 e. The summed E-state index contributed by atoms with van der Waals surface area (Å²) in [7, 11) is 0. The molecule has 3 unspecified atom stereocenters. The highest BCUT2D eigenvalue weighted by Crippen LogP contribution is 2.21. The molecule has 0 spiro atoms. The van der Waals surface area contributed by atoms with E-state index in [0.29, 0.717) is 6.04 Å². The summed E-state index contributed by atoms with van der Waals surface area (Å²) in [5.74, 6) is 0. The molecule has 3 atom stereocenters. The van der Waals surface area contributed by atoms with Gasteiger partial charge in [-0.2, -0.15) is 0 Å². The van der Waals surface area contributed by atoms with Gasteiger partial charge < -0.3 is 15.1 Å². The van der Waals surface area contributed by atoms with E-state index in [9.17, 15) is 10.2 Å². The third kappa shape index (κ3) is 4.96. The van der Waals surface area contributed by atoms with E-state index in [1.54, 1.807) is 0 Å². The molecule has 3 heteroatoms. The molecule has 1 fully saturated rings. The van der Waals surface area contributed by atoms with Gasteiger partial charge in [0.2, 0.25) is 0 Å². The van der Waals surface area contributed by atoms with Gasteiger partial charge in [-0.1, -0.05) is 6.42 Å². The van der Waals surface area contributed by atoms with Crippen LogP contribution in [0.5, 0.6) is 0 Å². The molecule has 0 saturated carbocycles. The van der Waals surface area contributed by atoms with Crippen LogP contribution in [0.15, 0.2) is 0 Å².